The fourth-order valence-electron chi connectivity index (χ4n) is 6.50. The van der Waals surface area contributed by atoms with Crippen molar-refractivity contribution >= 4 is 10.9 Å². The summed E-state index contributed by atoms with van der Waals surface area (Å²) >= 11 is 0. The normalized spacial score (nSPS) is 30.0. The van der Waals surface area contributed by atoms with Gasteiger partial charge in [-0.15, -0.1) is 0 Å². The van der Waals surface area contributed by atoms with E-state index in [1.165, 1.54) is 27.7 Å². The number of benzene rings is 2. The molecule has 4 nitrogen and oxygen atoms in total. The molecule has 31 heavy (non-hydrogen) atoms. The second-order valence-electron chi connectivity index (χ2n) is 9.80. The van der Waals surface area contributed by atoms with Crippen LogP contribution in [0.25, 0.3) is 10.9 Å². The van der Waals surface area contributed by atoms with Crippen LogP contribution in [0, 0.1) is 0 Å². The molecule has 1 aromatic heterocycles. The summed E-state index contributed by atoms with van der Waals surface area (Å²) in [6, 6.07) is 20.0. The SMILES string of the molecule is CN1CCN(C2(c3ccccc3)CCC3(CC2)OCCc2c3[nH]c3ccccc23)CC1. The first-order valence-electron chi connectivity index (χ1n) is 11.9. The zero-order valence-electron chi connectivity index (χ0n) is 18.6. The van der Waals surface area contributed by atoms with Gasteiger partial charge in [0.25, 0.3) is 0 Å². The molecule has 1 spiro atoms. The maximum absolute atomic E-state index is 6.64. The highest BCUT2D eigenvalue weighted by molar-refractivity contribution is 5.85. The molecule has 162 valence electrons. The highest BCUT2D eigenvalue weighted by Crippen LogP contribution is 2.53. The van der Waals surface area contributed by atoms with Crippen molar-refractivity contribution in [3.63, 3.8) is 0 Å². The minimum absolute atomic E-state index is 0.126. The van der Waals surface area contributed by atoms with E-state index in [4.69, 9.17) is 4.74 Å². The van der Waals surface area contributed by atoms with E-state index in [2.05, 4.69) is 76.4 Å². The number of hydrogen-bond acceptors (Lipinski definition) is 3. The van der Waals surface area contributed by atoms with Crippen LogP contribution in [0.15, 0.2) is 54.6 Å². The highest BCUT2D eigenvalue weighted by atomic mass is 16.5. The quantitative estimate of drug-likeness (QED) is 0.661. The third-order valence-corrected chi connectivity index (χ3v) is 8.30. The topological polar surface area (TPSA) is 31.5 Å². The van der Waals surface area contributed by atoms with Gasteiger partial charge in [-0.2, -0.15) is 0 Å². The van der Waals surface area contributed by atoms with Gasteiger partial charge < -0.3 is 14.6 Å². The first-order chi connectivity index (χ1) is 15.2. The van der Waals surface area contributed by atoms with Crippen molar-refractivity contribution in [2.45, 2.75) is 43.2 Å². The van der Waals surface area contributed by atoms with Crippen molar-refractivity contribution < 1.29 is 4.74 Å². The number of aromatic nitrogens is 1. The molecule has 0 amide bonds. The molecule has 2 fully saturated rings. The van der Waals surface area contributed by atoms with Crippen LogP contribution >= 0.6 is 0 Å². The third-order valence-electron chi connectivity index (χ3n) is 8.30. The molecule has 0 bridgehead atoms. The molecule has 2 aromatic carbocycles. The Kier molecular flexibility index (Phi) is 4.71. The molecule has 1 saturated carbocycles. The number of piperazine rings is 1. The van der Waals surface area contributed by atoms with E-state index in [1.54, 1.807) is 0 Å². The lowest BCUT2D eigenvalue weighted by Crippen LogP contribution is -2.57. The Morgan fingerprint density at radius 3 is 2.32 bits per heavy atom. The molecule has 2 aliphatic heterocycles. The number of rotatable bonds is 2. The lowest BCUT2D eigenvalue weighted by molar-refractivity contribution is -0.122. The van der Waals surface area contributed by atoms with Gasteiger partial charge in [0.05, 0.1) is 12.3 Å². The lowest BCUT2D eigenvalue weighted by Gasteiger charge is -2.54. The number of fused-ring (bicyclic) bond motifs is 4. The van der Waals surface area contributed by atoms with Gasteiger partial charge in [0.1, 0.15) is 5.60 Å². The number of likely N-dealkylation sites (N-methyl/N-ethyl adjacent to an activating group) is 1. The zero-order chi connectivity index (χ0) is 20.9. The van der Waals surface area contributed by atoms with Gasteiger partial charge in [0, 0.05) is 42.6 Å². The maximum Gasteiger partial charge on any atom is 0.108 e. The zero-order valence-corrected chi connectivity index (χ0v) is 18.6. The van der Waals surface area contributed by atoms with E-state index in [1.807, 2.05) is 0 Å². The molecule has 1 N–H and O–H groups in total. The minimum Gasteiger partial charge on any atom is -0.368 e. The number of H-pyrrole nitrogens is 1. The summed E-state index contributed by atoms with van der Waals surface area (Å²) < 4.78 is 6.64. The summed E-state index contributed by atoms with van der Waals surface area (Å²) in [6.45, 7) is 5.44. The van der Waals surface area contributed by atoms with Gasteiger partial charge >= 0.3 is 0 Å². The van der Waals surface area contributed by atoms with Crippen LogP contribution in [-0.2, 0) is 22.3 Å². The Labute approximate surface area is 185 Å². The summed E-state index contributed by atoms with van der Waals surface area (Å²) in [4.78, 5) is 9.02. The Morgan fingerprint density at radius 1 is 0.839 bits per heavy atom. The summed E-state index contributed by atoms with van der Waals surface area (Å²) in [5.74, 6) is 0. The predicted molar refractivity (Wildman–Crippen MR) is 125 cm³/mol. The van der Waals surface area contributed by atoms with E-state index in [-0.39, 0.29) is 11.1 Å². The van der Waals surface area contributed by atoms with Gasteiger partial charge in [0.15, 0.2) is 0 Å². The number of nitrogens with zero attached hydrogens (tertiary/aromatic N) is 2. The Balaban J connectivity index is 1.36. The number of aromatic amines is 1. The Hall–Kier alpha value is -2.14. The molecule has 1 saturated heterocycles. The average Bonchev–Trinajstić information content (AvgIpc) is 3.22. The van der Waals surface area contributed by atoms with Crippen molar-refractivity contribution in [1.82, 2.24) is 14.8 Å². The van der Waals surface area contributed by atoms with E-state index < -0.39 is 0 Å². The van der Waals surface area contributed by atoms with Crippen molar-refractivity contribution in [2.24, 2.45) is 0 Å². The second kappa shape index (κ2) is 7.47. The van der Waals surface area contributed by atoms with Crippen LogP contribution in [0.2, 0.25) is 0 Å². The number of para-hydroxylation sites is 1. The van der Waals surface area contributed by atoms with Gasteiger partial charge in [-0.05, 0) is 56.3 Å². The van der Waals surface area contributed by atoms with E-state index in [0.717, 1.165) is 64.9 Å². The van der Waals surface area contributed by atoms with Crippen LogP contribution < -0.4 is 0 Å². The van der Waals surface area contributed by atoms with Crippen LogP contribution in [0.1, 0.15) is 42.5 Å². The van der Waals surface area contributed by atoms with Crippen molar-refractivity contribution in [3.8, 4) is 0 Å². The molecule has 4 heteroatoms. The summed E-state index contributed by atoms with van der Waals surface area (Å²) in [5, 5.41) is 1.39. The van der Waals surface area contributed by atoms with Crippen molar-refractivity contribution in [1.29, 1.82) is 0 Å². The molecule has 6 rings (SSSR count). The largest absolute Gasteiger partial charge is 0.368 e. The number of ether oxygens (including phenoxy) is 1. The molecule has 0 atom stereocenters. The molecular weight excluding hydrogens is 382 g/mol. The Morgan fingerprint density at radius 2 is 1.55 bits per heavy atom. The molecule has 3 aromatic rings. The smallest absolute Gasteiger partial charge is 0.108 e. The van der Waals surface area contributed by atoms with E-state index in [9.17, 15) is 0 Å². The number of nitrogens with one attached hydrogen (secondary N) is 1. The fourth-order valence-corrected chi connectivity index (χ4v) is 6.50. The Bertz CT molecular complexity index is 1060. The lowest BCUT2D eigenvalue weighted by atomic mass is 9.67. The molecule has 0 radical (unpaired) electrons. The van der Waals surface area contributed by atoms with Crippen LogP contribution in [-0.4, -0.2) is 54.6 Å². The molecule has 0 unspecified atom stereocenters. The van der Waals surface area contributed by atoms with Gasteiger partial charge in [-0.3, -0.25) is 4.90 Å². The third kappa shape index (κ3) is 3.07. The second-order valence-corrected chi connectivity index (χ2v) is 9.80. The molecule has 1 aliphatic carbocycles. The van der Waals surface area contributed by atoms with Crippen LogP contribution in [0.4, 0.5) is 0 Å². The standard InChI is InChI=1S/C27H33N3O/c1-29-16-18-30(19-17-29)26(21-7-3-2-4-8-21)12-14-27(15-13-26)25-23(11-20-31-27)22-9-5-6-10-24(22)28-25/h2-10,28H,11-20H2,1H3. The van der Waals surface area contributed by atoms with Crippen LogP contribution in [0.5, 0.6) is 0 Å². The molecular formula is C27H33N3O. The van der Waals surface area contributed by atoms with Crippen molar-refractivity contribution in [3.05, 3.63) is 71.4 Å². The molecule has 3 aliphatic rings. The molecule has 3 heterocycles. The highest BCUT2D eigenvalue weighted by Gasteiger charge is 2.50. The van der Waals surface area contributed by atoms with Gasteiger partial charge in [-0.25, -0.2) is 0 Å². The van der Waals surface area contributed by atoms with E-state index >= 15 is 0 Å². The summed E-state index contributed by atoms with van der Waals surface area (Å²) in [6.07, 6.45) is 5.47. The number of hydrogen-bond donors (Lipinski definition) is 1. The monoisotopic (exact) mass is 415 g/mol. The first-order valence-corrected chi connectivity index (χ1v) is 11.9. The average molecular weight is 416 g/mol. The summed E-state index contributed by atoms with van der Waals surface area (Å²) in [7, 11) is 2.25. The summed E-state index contributed by atoms with van der Waals surface area (Å²) in [5.41, 5.74) is 5.57. The predicted octanol–water partition coefficient (Wildman–Crippen LogP) is 4.65. The van der Waals surface area contributed by atoms with Gasteiger partial charge in [0.2, 0.25) is 0 Å². The van der Waals surface area contributed by atoms with Gasteiger partial charge in [-0.1, -0.05) is 48.5 Å². The van der Waals surface area contributed by atoms with Crippen LogP contribution in [0.3, 0.4) is 0 Å². The fraction of sp³-hybridized carbons (Fsp3) is 0.481. The minimum atomic E-state index is -0.155. The maximum atomic E-state index is 6.64. The first kappa shape index (κ1) is 19.5. The van der Waals surface area contributed by atoms with Crippen molar-refractivity contribution in [2.75, 3.05) is 39.8 Å². The van der Waals surface area contributed by atoms with E-state index in [0.29, 0.717) is 0 Å².